The Labute approximate surface area is 180 Å². The minimum absolute atomic E-state index is 0.0874. The fourth-order valence-corrected chi connectivity index (χ4v) is 4.59. The first-order valence-corrected chi connectivity index (χ1v) is 11.3. The molecule has 166 valence electrons. The zero-order valence-electron chi connectivity index (χ0n) is 18.4. The van der Waals surface area contributed by atoms with Gasteiger partial charge in [0.25, 0.3) is 5.91 Å². The first kappa shape index (κ1) is 22.7. The highest BCUT2D eigenvalue weighted by molar-refractivity contribution is 5.94. The molecule has 1 aromatic carbocycles. The van der Waals surface area contributed by atoms with Gasteiger partial charge in [0.05, 0.1) is 12.5 Å². The number of ether oxygens (including phenoxy) is 1. The summed E-state index contributed by atoms with van der Waals surface area (Å²) in [5.41, 5.74) is 0.0728. The standard InChI is InChI=1S/C23H36N4O3/c1-3-12-26(13-4-2)14-10-24-21(28)20-17-27(16-19-8-6-5-7-9-19)18-23(20)22(29)25-11-15-30-23/h5-9,20H,3-4,10-18H2,1-2H3,(H,24,28)(H,25,29)/t20-,23-/m1/s1. The fourth-order valence-electron chi connectivity index (χ4n) is 4.59. The number of carbonyl (C=O) groups is 2. The van der Waals surface area contributed by atoms with E-state index in [0.717, 1.165) is 32.5 Å². The quantitative estimate of drug-likeness (QED) is 0.600. The minimum Gasteiger partial charge on any atom is -0.361 e. The number of rotatable bonds is 10. The third-order valence-electron chi connectivity index (χ3n) is 5.97. The molecule has 7 heteroatoms. The molecule has 2 saturated heterocycles. The van der Waals surface area contributed by atoms with Crippen LogP contribution in [0.1, 0.15) is 32.3 Å². The Morgan fingerprint density at radius 3 is 2.63 bits per heavy atom. The lowest BCUT2D eigenvalue weighted by Crippen LogP contribution is -2.62. The van der Waals surface area contributed by atoms with Crippen LogP contribution >= 0.6 is 0 Å². The predicted octanol–water partition coefficient (Wildman–Crippen LogP) is 1.24. The molecule has 2 fully saturated rings. The number of likely N-dealkylation sites (tertiary alicyclic amines) is 1. The van der Waals surface area contributed by atoms with Crippen LogP contribution in [0.3, 0.4) is 0 Å². The third kappa shape index (κ3) is 5.39. The van der Waals surface area contributed by atoms with Crippen LogP contribution in [0.5, 0.6) is 0 Å². The normalized spacial score (nSPS) is 24.4. The molecule has 0 unspecified atom stereocenters. The molecule has 1 aromatic rings. The first-order chi connectivity index (χ1) is 14.6. The van der Waals surface area contributed by atoms with E-state index in [-0.39, 0.29) is 11.8 Å². The molecule has 7 nitrogen and oxygen atoms in total. The van der Waals surface area contributed by atoms with E-state index in [1.165, 1.54) is 5.56 Å². The minimum atomic E-state index is -1.09. The van der Waals surface area contributed by atoms with Gasteiger partial charge in [0, 0.05) is 39.3 Å². The smallest absolute Gasteiger partial charge is 0.254 e. The lowest BCUT2D eigenvalue weighted by molar-refractivity contribution is -0.163. The number of morpholine rings is 1. The molecule has 2 atom stereocenters. The maximum absolute atomic E-state index is 13.1. The Bertz CT molecular complexity index is 693. The fraction of sp³-hybridized carbons (Fsp3) is 0.652. The summed E-state index contributed by atoms with van der Waals surface area (Å²) in [5.74, 6) is -0.758. The zero-order chi connectivity index (χ0) is 21.4. The molecule has 2 N–H and O–H groups in total. The lowest BCUT2D eigenvalue weighted by atomic mass is 9.88. The Morgan fingerprint density at radius 2 is 1.97 bits per heavy atom. The molecule has 0 aliphatic carbocycles. The molecule has 30 heavy (non-hydrogen) atoms. The highest BCUT2D eigenvalue weighted by atomic mass is 16.5. The van der Waals surface area contributed by atoms with Gasteiger partial charge < -0.3 is 20.3 Å². The summed E-state index contributed by atoms with van der Waals surface area (Å²) in [7, 11) is 0. The van der Waals surface area contributed by atoms with Crippen molar-refractivity contribution >= 4 is 11.8 Å². The molecule has 2 heterocycles. The number of hydrogen-bond acceptors (Lipinski definition) is 5. The van der Waals surface area contributed by atoms with Crippen LogP contribution in [0.25, 0.3) is 0 Å². The topological polar surface area (TPSA) is 73.9 Å². The molecule has 2 aliphatic heterocycles. The molecule has 3 rings (SSSR count). The molecule has 1 spiro atoms. The van der Waals surface area contributed by atoms with Crippen LogP contribution < -0.4 is 10.6 Å². The maximum atomic E-state index is 13.1. The Morgan fingerprint density at radius 1 is 1.23 bits per heavy atom. The Kier molecular flexibility index (Phi) is 8.24. The van der Waals surface area contributed by atoms with Crippen molar-refractivity contribution in [1.29, 1.82) is 0 Å². The van der Waals surface area contributed by atoms with E-state index in [1.807, 2.05) is 18.2 Å². The van der Waals surface area contributed by atoms with Crippen molar-refractivity contribution in [2.45, 2.75) is 38.8 Å². The van der Waals surface area contributed by atoms with Gasteiger partial charge in [-0.05, 0) is 31.5 Å². The number of nitrogens with one attached hydrogen (secondary N) is 2. The van der Waals surface area contributed by atoms with E-state index < -0.39 is 11.5 Å². The van der Waals surface area contributed by atoms with Gasteiger partial charge in [0.1, 0.15) is 0 Å². The van der Waals surface area contributed by atoms with E-state index in [0.29, 0.717) is 39.3 Å². The second-order valence-electron chi connectivity index (χ2n) is 8.33. The van der Waals surface area contributed by atoms with E-state index in [9.17, 15) is 9.59 Å². The summed E-state index contributed by atoms with van der Waals surface area (Å²) in [4.78, 5) is 30.5. The molecule has 0 aromatic heterocycles. The van der Waals surface area contributed by atoms with Gasteiger partial charge in [0.2, 0.25) is 5.91 Å². The second-order valence-corrected chi connectivity index (χ2v) is 8.33. The van der Waals surface area contributed by atoms with Crippen molar-refractivity contribution in [3.8, 4) is 0 Å². The Balaban J connectivity index is 1.65. The van der Waals surface area contributed by atoms with Gasteiger partial charge in [-0.15, -0.1) is 0 Å². The van der Waals surface area contributed by atoms with Crippen LogP contribution in [-0.4, -0.2) is 79.6 Å². The number of benzene rings is 1. The van der Waals surface area contributed by atoms with Crippen molar-refractivity contribution < 1.29 is 14.3 Å². The van der Waals surface area contributed by atoms with Gasteiger partial charge in [0.15, 0.2) is 5.60 Å². The molecule has 0 radical (unpaired) electrons. The predicted molar refractivity (Wildman–Crippen MR) is 117 cm³/mol. The SMILES string of the molecule is CCCN(CCC)CCNC(=O)[C@H]1CN(Cc2ccccc2)C[C@@]12OCCNC2=O. The number of hydrogen-bond donors (Lipinski definition) is 2. The average molecular weight is 417 g/mol. The zero-order valence-corrected chi connectivity index (χ0v) is 18.4. The van der Waals surface area contributed by atoms with Gasteiger partial charge in [-0.1, -0.05) is 44.2 Å². The summed E-state index contributed by atoms with van der Waals surface area (Å²) in [5, 5.41) is 5.99. The van der Waals surface area contributed by atoms with E-state index in [1.54, 1.807) is 0 Å². The second kappa shape index (κ2) is 10.9. The molecular weight excluding hydrogens is 380 g/mol. The van der Waals surface area contributed by atoms with Crippen molar-refractivity contribution in [3.05, 3.63) is 35.9 Å². The van der Waals surface area contributed by atoms with Crippen molar-refractivity contribution in [2.75, 3.05) is 52.4 Å². The third-order valence-corrected chi connectivity index (χ3v) is 5.97. The van der Waals surface area contributed by atoms with E-state index in [4.69, 9.17) is 4.74 Å². The van der Waals surface area contributed by atoms with Crippen LogP contribution in [0.4, 0.5) is 0 Å². The van der Waals surface area contributed by atoms with Crippen molar-refractivity contribution in [3.63, 3.8) is 0 Å². The lowest BCUT2D eigenvalue weighted by Gasteiger charge is -2.36. The van der Waals surface area contributed by atoms with E-state index in [2.05, 4.69) is 46.4 Å². The highest BCUT2D eigenvalue weighted by Crippen LogP contribution is 2.34. The summed E-state index contributed by atoms with van der Waals surface area (Å²) in [6, 6.07) is 10.1. The number of nitrogens with zero attached hydrogens (tertiary/aromatic N) is 2. The molecule has 0 bridgehead atoms. The van der Waals surface area contributed by atoms with Gasteiger partial charge in [-0.2, -0.15) is 0 Å². The molecule has 2 amide bonds. The van der Waals surface area contributed by atoms with Gasteiger partial charge in [-0.25, -0.2) is 0 Å². The molecular formula is C23H36N4O3. The van der Waals surface area contributed by atoms with Crippen LogP contribution in [0.2, 0.25) is 0 Å². The Hall–Kier alpha value is -1.96. The first-order valence-electron chi connectivity index (χ1n) is 11.3. The summed E-state index contributed by atoms with van der Waals surface area (Å²) >= 11 is 0. The van der Waals surface area contributed by atoms with Gasteiger partial charge >= 0.3 is 0 Å². The maximum Gasteiger partial charge on any atom is 0.254 e. The average Bonchev–Trinajstić information content (AvgIpc) is 3.10. The number of amides is 2. The van der Waals surface area contributed by atoms with Crippen LogP contribution in [-0.2, 0) is 20.9 Å². The number of carbonyl (C=O) groups excluding carboxylic acids is 2. The summed E-state index contributed by atoms with van der Waals surface area (Å²) in [6.07, 6.45) is 2.20. The van der Waals surface area contributed by atoms with Crippen LogP contribution in [0, 0.1) is 5.92 Å². The van der Waals surface area contributed by atoms with Crippen LogP contribution in [0.15, 0.2) is 30.3 Å². The van der Waals surface area contributed by atoms with Crippen molar-refractivity contribution in [2.24, 2.45) is 5.92 Å². The molecule has 0 saturated carbocycles. The molecule has 2 aliphatic rings. The van der Waals surface area contributed by atoms with Crippen molar-refractivity contribution in [1.82, 2.24) is 20.4 Å². The summed E-state index contributed by atoms with van der Waals surface area (Å²) in [6.45, 7) is 10.4. The summed E-state index contributed by atoms with van der Waals surface area (Å²) < 4.78 is 6.02. The monoisotopic (exact) mass is 416 g/mol. The largest absolute Gasteiger partial charge is 0.361 e. The van der Waals surface area contributed by atoms with E-state index >= 15 is 0 Å². The van der Waals surface area contributed by atoms with Gasteiger partial charge in [-0.3, -0.25) is 14.5 Å². The highest BCUT2D eigenvalue weighted by Gasteiger charge is 2.57.